The monoisotopic (exact) mass is 396 g/mol. The fourth-order valence-electron chi connectivity index (χ4n) is 4.97. The van der Waals surface area contributed by atoms with Crippen molar-refractivity contribution in [2.24, 2.45) is 5.92 Å². The van der Waals surface area contributed by atoms with Gasteiger partial charge in [0.1, 0.15) is 5.82 Å². The van der Waals surface area contributed by atoms with Crippen LogP contribution in [0.1, 0.15) is 34.7 Å². The van der Waals surface area contributed by atoms with Crippen molar-refractivity contribution in [1.82, 2.24) is 9.97 Å². The Bertz CT molecular complexity index is 1190. The van der Waals surface area contributed by atoms with Crippen LogP contribution in [0, 0.1) is 5.92 Å². The van der Waals surface area contributed by atoms with Crippen molar-refractivity contribution in [3.8, 4) is 0 Å². The number of benzene rings is 1. The van der Waals surface area contributed by atoms with E-state index in [9.17, 15) is 9.59 Å². The summed E-state index contributed by atoms with van der Waals surface area (Å²) in [6, 6.07) is 16.0. The summed E-state index contributed by atoms with van der Waals surface area (Å²) in [5.74, 6) is 0.952. The molecule has 2 N–H and O–H groups in total. The molecule has 1 aromatic carbocycles. The second-order valence-corrected chi connectivity index (χ2v) is 8.47. The van der Waals surface area contributed by atoms with Gasteiger partial charge in [-0.05, 0) is 42.0 Å². The van der Waals surface area contributed by atoms with Gasteiger partial charge in [0.15, 0.2) is 0 Å². The molecule has 3 heterocycles. The highest BCUT2D eigenvalue weighted by molar-refractivity contribution is 6.06. The Morgan fingerprint density at radius 1 is 1.10 bits per heavy atom. The van der Waals surface area contributed by atoms with Gasteiger partial charge in [-0.15, -0.1) is 0 Å². The van der Waals surface area contributed by atoms with E-state index >= 15 is 0 Å². The first-order valence-corrected chi connectivity index (χ1v) is 10.2. The van der Waals surface area contributed by atoms with E-state index in [4.69, 9.17) is 0 Å². The fourth-order valence-corrected chi connectivity index (χ4v) is 4.97. The van der Waals surface area contributed by atoms with Crippen LogP contribution in [0.25, 0.3) is 0 Å². The maximum Gasteiger partial charge on any atom is 0.237 e. The summed E-state index contributed by atoms with van der Waals surface area (Å²) in [4.78, 5) is 34.4. The molecule has 2 aliphatic carbocycles. The molecule has 1 aliphatic heterocycles. The molecular formula is C24H20N4O2. The Kier molecular flexibility index (Phi) is 3.60. The van der Waals surface area contributed by atoms with E-state index in [1.165, 1.54) is 5.56 Å². The minimum absolute atomic E-state index is 0.00515. The molecule has 0 saturated heterocycles. The third kappa shape index (κ3) is 2.56. The molecule has 3 aliphatic rings. The van der Waals surface area contributed by atoms with Gasteiger partial charge in [0.2, 0.25) is 11.8 Å². The summed E-state index contributed by atoms with van der Waals surface area (Å²) in [7, 11) is 0. The first-order valence-electron chi connectivity index (χ1n) is 10.2. The molecule has 2 aromatic heterocycles. The quantitative estimate of drug-likeness (QED) is 0.712. The Morgan fingerprint density at radius 3 is 2.83 bits per heavy atom. The minimum atomic E-state index is -0.642. The molecule has 30 heavy (non-hydrogen) atoms. The van der Waals surface area contributed by atoms with Gasteiger partial charge in [-0.25, -0.2) is 4.98 Å². The number of carbonyl (C=O) groups excluding carboxylic acids is 2. The molecular weight excluding hydrogens is 376 g/mol. The van der Waals surface area contributed by atoms with Crippen molar-refractivity contribution in [2.75, 3.05) is 10.6 Å². The summed E-state index contributed by atoms with van der Waals surface area (Å²) in [5, 5.41) is 5.94. The van der Waals surface area contributed by atoms with E-state index in [1.807, 2.05) is 36.4 Å². The molecule has 148 valence electrons. The molecule has 6 heteroatoms. The maximum absolute atomic E-state index is 12.8. The molecule has 0 bridgehead atoms. The summed E-state index contributed by atoms with van der Waals surface area (Å²) >= 11 is 0. The molecule has 6 nitrogen and oxygen atoms in total. The summed E-state index contributed by atoms with van der Waals surface area (Å²) in [5.41, 5.74) is 4.12. The number of fused-ring (bicyclic) bond motifs is 3. The number of pyridine rings is 2. The highest BCUT2D eigenvalue weighted by atomic mass is 16.2. The van der Waals surface area contributed by atoms with Crippen LogP contribution in [0.3, 0.4) is 0 Å². The van der Waals surface area contributed by atoms with Gasteiger partial charge in [0.05, 0.1) is 17.3 Å². The normalized spacial score (nSPS) is 25.5. The van der Waals surface area contributed by atoms with E-state index in [0.717, 1.165) is 23.2 Å². The second kappa shape index (κ2) is 6.23. The van der Waals surface area contributed by atoms with Gasteiger partial charge in [-0.3, -0.25) is 14.6 Å². The predicted octanol–water partition coefficient (Wildman–Crippen LogP) is 3.21. The fraction of sp³-hybridized carbons (Fsp3) is 0.250. The lowest BCUT2D eigenvalue weighted by Gasteiger charge is -2.19. The molecule has 2 amide bonds. The number of hydrogen-bond donors (Lipinski definition) is 2. The number of hydrogen-bond acceptors (Lipinski definition) is 4. The van der Waals surface area contributed by atoms with Crippen LogP contribution in [-0.4, -0.2) is 21.8 Å². The lowest BCUT2D eigenvalue weighted by Crippen LogP contribution is -2.35. The number of aromatic nitrogens is 2. The largest absolute Gasteiger partial charge is 0.324 e. The van der Waals surface area contributed by atoms with Gasteiger partial charge < -0.3 is 10.6 Å². The van der Waals surface area contributed by atoms with Crippen LogP contribution < -0.4 is 10.6 Å². The number of carbonyl (C=O) groups is 2. The van der Waals surface area contributed by atoms with Crippen molar-refractivity contribution in [1.29, 1.82) is 0 Å². The molecule has 3 atom stereocenters. The van der Waals surface area contributed by atoms with Crippen molar-refractivity contribution in [3.63, 3.8) is 0 Å². The summed E-state index contributed by atoms with van der Waals surface area (Å²) in [6.07, 6.45) is 5.39. The zero-order valence-electron chi connectivity index (χ0n) is 16.3. The molecule has 0 radical (unpaired) electrons. The first kappa shape index (κ1) is 17.3. The average molecular weight is 396 g/mol. The molecule has 3 aromatic rings. The smallest absolute Gasteiger partial charge is 0.237 e. The Hall–Kier alpha value is -3.54. The SMILES string of the molecule is O=C(Nc1cnc2c(c1)CC1(C2)C(=O)Nc2ncccc21)[C@@H]1C[C@H]1c1ccccc1. The Labute approximate surface area is 173 Å². The average Bonchev–Trinajstić information content (AvgIpc) is 3.41. The minimum Gasteiger partial charge on any atom is -0.324 e. The van der Waals surface area contributed by atoms with Crippen LogP contribution in [-0.2, 0) is 27.8 Å². The predicted molar refractivity (Wildman–Crippen MR) is 112 cm³/mol. The van der Waals surface area contributed by atoms with E-state index in [1.54, 1.807) is 12.4 Å². The van der Waals surface area contributed by atoms with Crippen molar-refractivity contribution < 1.29 is 9.59 Å². The third-order valence-corrected chi connectivity index (χ3v) is 6.63. The van der Waals surface area contributed by atoms with Crippen LogP contribution >= 0.6 is 0 Å². The van der Waals surface area contributed by atoms with E-state index < -0.39 is 5.41 Å². The number of rotatable bonds is 3. The lowest BCUT2D eigenvalue weighted by molar-refractivity contribution is -0.120. The van der Waals surface area contributed by atoms with Crippen molar-refractivity contribution in [2.45, 2.75) is 30.6 Å². The molecule has 6 rings (SSSR count). The van der Waals surface area contributed by atoms with Crippen LogP contribution in [0.2, 0.25) is 0 Å². The lowest BCUT2D eigenvalue weighted by atomic mass is 9.80. The Balaban J connectivity index is 1.21. The number of nitrogens with zero attached hydrogens (tertiary/aromatic N) is 2. The Morgan fingerprint density at radius 2 is 1.97 bits per heavy atom. The van der Waals surface area contributed by atoms with Gasteiger partial charge in [-0.1, -0.05) is 36.4 Å². The highest BCUT2D eigenvalue weighted by Gasteiger charge is 2.51. The molecule has 1 unspecified atom stereocenters. The zero-order valence-corrected chi connectivity index (χ0v) is 16.3. The highest BCUT2D eigenvalue weighted by Crippen LogP contribution is 2.48. The molecule has 1 saturated carbocycles. The van der Waals surface area contributed by atoms with Crippen molar-refractivity contribution in [3.05, 3.63) is 83.3 Å². The van der Waals surface area contributed by atoms with Crippen LogP contribution in [0.15, 0.2) is 60.9 Å². The van der Waals surface area contributed by atoms with E-state index in [0.29, 0.717) is 30.3 Å². The standard InChI is InChI=1S/C24H20N4O2/c29-22(18-10-17(18)14-5-2-1-3-6-14)27-16-9-15-11-24(12-20(15)26-13-16)19-7-4-8-25-21(19)28-23(24)30/h1-9,13,17-18H,10-12H2,(H,27,29)(H,25,28,30)/t17-,18+,24?/m0/s1. The van der Waals surface area contributed by atoms with Gasteiger partial charge in [-0.2, -0.15) is 0 Å². The topological polar surface area (TPSA) is 84.0 Å². The zero-order chi connectivity index (χ0) is 20.3. The van der Waals surface area contributed by atoms with Gasteiger partial charge in [0, 0.05) is 29.8 Å². The van der Waals surface area contributed by atoms with Gasteiger partial charge in [0.25, 0.3) is 0 Å². The third-order valence-electron chi connectivity index (χ3n) is 6.63. The van der Waals surface area contributed by atoms with Crippen LogP contribution in [0.4, 0.5) is 11.5 Å². The summed E-state index contributed by atoms with van der Waals surface area (Å²) in [6.45, 7) is 0. The molecule has 1 spiro atoms. The second-order valence-electron chi connectivity index (χ2n) is 8.47. The maximum atomic E-state index is 12.8. The van der Waals surface area contributed by atoms with E-state index in [-0.39, 0.29) is 17.7 Å². The number of amides is 2. The van der Waals surface area contributed by atoms with Crippen molar-refractivity contribution >= 4 is 23.3 Å². The molecule has 1 fully saturated rings. The summed E-state index contributed by atoms with van der Waals surface area (Å²) < 4.78 is 0. The number of anilines is 2. The van der Waals surface area contributed by atoms with E-state index in [2.05, 4.69) is 32.7 Å². The number of nitrogens with one attached hydrogen (secondary N) is 2. The van der Waals surface area contributed by atoms with Crippen LogP contribution in [0.5, 0.6) is 0 Å². The first-order chi connectivity index (χ1) is 14.6. The van der Waals surface area contributed by atoms with Gasteiger partial charge >= 0.3 is 0 Å².